The molecule has 0 aliphatic carbocycles. The van der Waals surface area contributed by atoms with Gasteiger partial charge in [-0.1, -0.05) is 18.3 Å². The van der Waals surface area contributed by atoms with Crippen LogP contribution in [0.3, 0.4) is 0 Å². The van der Waals surface area contributed by atoms with E-state index in [0.717, 1.165) is 10.3 Å². The Morgan fingerprint density at radius 3 is 3.10 bits per heavy atom. The van der Waals surface area contributed by atoms with Gasteiger partial charge in [-0.15, -0.1) is 0 Å². The fraction of sp³-hybridized carbons (Fsp3) is 0. The van der Waals surface area contributed by atoms with Crippen LogP contribution in [0.1, 0.15) is 0 Å². The molecule has 0 atom stereocenters. The van der Waals surface area contributed by atoms with E-state index in [1.54, 1.807) is 0 Å². The maximum absolute atomic E-state index is 5.05. The van der Waals surface area contributed by atoms with Crippen molar-refractivity contribution in [3.63, 3.8) is 0 Å². The summed E-state index contributed by atoms with van der Waals surface area (Å²) in [6, 6.07) is 5.82. The number of nitrogens with one attached hydrogen (secondary N) is 1. The van der Waals surface area contributed by atoms with Gasteiger partial charge in [0.25, 0.3) is 0 Å². The Bertz CT molecular complexity index is 399. The highest BCUT2D eigenvalue weighted by Gasteiger charge is 1.88. The first-order chi connectivity index (χ1) is 4.88. The average Bonchev–Trinajstić information content (AvgIpc) is 2.36. The molecule has 0 spiro atoms. The van der Waals surface area contributed by atoms with Crippen molar-refractivity contribution in [3.8, 4) is 0 Å². The van der Waals surface area contributed by atoms with Crippen molar-refractivity contribution in [3.05, 3.63) is 35.2 Å². The first kappa shape index (κ1) is 5.68. The summed E-state index contributed by atoms with van der Waals surface area (Å²) in [5, 5.41) is 0. The van der Waals surface area contributed by atoms with E-state index in [1.165, 1.54) is 0 Å². The molecule has 0 aromatic carbocycles. The number of H-pyrrole nitrogens is 1. The monoisotopic (exact) mass is 150 g/mol. The average molecular weight is 150 g/mol. The van der Waals surface area contributed by atoms with Crippen molar-refractivity contribution in [1.29, 1.82) is 0 Å². The zero-order valence-electron chi connectivity index (χ0n) is 5.24. The molecule has 1 N–H and O–H groups in total. The molecule has 2 aromatic rings. The molecule has 2 heterocycles. The number of aromatic amines is 1. The molecule has 0 saturated carbocycles. The molecule has 3 heteroatoms. The Hall–Kier alpha value is -1.09. The summed E-state index contributed by atoms with van der Waals surface area (Å²) in [5.41, 5.74) is 1.03. The molecule has 0 fully saturated rings. The normalized spacial score (nSPS) is 10.4. The van der Waals surface area contributed by atoms with E-state index in [2.05, 4.69) is 4.98 Å². The molecule has 2 rings (SSSR count). The Kier molecular flexibility index (Phi) is 1.11. The molecule has 2 aromatic heterocycles. The summed E-state index contributed by atoms with van der Waals surface area (Å²) < 4.78 is 2.76. The van der Waals surface area contributed by atoms with Gasteiger partial charge in [0.05, 0.1) is 0 Å². The highest BCUT2D eigenvalue weighted by Crippen LogP contribution is 1.99. The SMILES string of the molecule is S=c1cccc2[nH]ccn12. The van der Waals surface area contributed by atoms with Crippen LogP contribution in [0.4, 0.5) is 0 Å². The summed E-state index contributed by atoms with van der Waals surface area (Å²) in [5.74, 6) is 0. The fourth-order valence-electron chi connectivity index (χ4n) is 0.969. The number of aromatic nitrogens is 2. The van der Waals surface area contributed by atoms with Crippen LogP contribution in [0.5, 0.6) is 0 Å². The standard InChI is InChI=1S/C7H6N2S/c10-7-3-1-2-6-8-4-5-9(6)7/h1-5,8H. The number of fused-ring (bicyclic) bond motifs is 1. The third-order valence-electron chi connectivity index (χ3n) is 1.44. The van der Waals surface area contributed by atoms with Gasteiger partial charge in [-0.05, 0) is 12.1 Å². The number of hydrogen-bond acceptors (Lipinski definition) is 1. The number of nitrogens with zero attached hydrogens (tertiary/aromatic N) is 1. The second kappa shape index (κ2) is 1.95. The molecule has 2 nitrogen and oxygen atoms in total. The summed E-state index contributed by atoms with van der Waals surface area (Å²) in [4.78, 5) is 3.06. The van der Waals surface area contributed by atoms with Crippen LogP contribution in [0, 0.1) is 4.64 Å². The van der Waals surface area contributed by atoms with Gasteiger partial charge in [-0.25, -0.2) is 0 Å². The van der Waals surface area contributed by atoms with Crippen LogP contribution in [-0.2, 0) is 0 Å². The minimum atomic E-state index is 0.832. The predicted molar refractivity (Wildman–Crippen MR) is 42.6 cm³/mol. The first-order valence-corrected chi connectivity index (χ1v) is 3.43. The maximum atomic E-state index is 5.05. The van der Waals surface area contributed by atoms with Gasteiger partial charge in [-0.2, -0.15) is 0 Å². The Labute approximate surface area is 63.1 Å². The molecule has 0 radical (unpaired) electrons. The minimum absolute atomic E-state index is 0.832. The zero-order chi connectivity index (χ0) is 6.97. The van der Waals surface area contributed by atoms with Crippen LogP contribution in [0.15, 0.2) is 30.6 Å². The highest BCUT2D eigenvalue weighted by molar-refractivity contribution is 7.71. The second-order valence-electron chi connectivity index (χ2n) is 2.08. The number of rotatable bonds is 0. The largest absolute Gasteiger partial charge is 0.346 e. The molecule has 0 aliphatic rings. The van der Waals surface area contributed by atoms with Crippen molar-refractivity contribution in [2.24, 2.45) is 0 Å². The topological polar surface area (TPSA) is 20.2 Å². The number of imidazole rings is 1. The third-order valence-corrected chi connectivity index (χ3v) is 1.78. The van der Waals surface area contributed by atoms with Crippen molar-refractivity contribution in [2.75, 3.05) is 0 Å². The molecule has 0 saturated heterocycles. The first-order valence-electron chi connectivity index (χ1n) is 3.03. The third kappa shape index (κ3) is 0.675. The fourth-order valence-corrected chi connectivity index (χ4v) is 1.21. The van der Waals surface area contributed by atoms with E-state index in [4.69, 9.17) is 12.2 Å². The minimum Gasteiger partial charge on any atom is -0.346 e. The van der Waals surface area contributed by atoms with Crippen molar-refractivity contribution in [1.82, 2.24) is 9.38 Å². The van der Waals surface area contributed by atoms with Gasteiger partial charge in [-0.3, -0.25) is 4.40 Å². The molecule has 0 unspecified atom stereocenters. The molecular formula is C7H6N2S. The van der Waals surface area contributed by atoms with E-state index in [1.807, 2.05) is 35.0 Å². The van der Waals surface area contributed by atoms with E-state index < -0.39 is 0 Å². The lowest BCUT2D eigenvalue weighted by molar-refractivity contribution is 1.16. The van der Waals surface area contributed by atoms with Crippen molar-refractivity contribution in [2.45, 2.75) is 0 Å². The molecule has 0 bridgehead atoms. The summed E-state index contributed by atoms with van der Waals surface area (Å²) in [6.07, 6.45) is 3.78. The van der Waals surface area contributed by atoms with Gasteiger partial charge >= 0.3 is 0 Å². The van der Waals surface area contributed by atoms with E-state index in [-0.39, 0.29) is 0 Å². The number of pyridine rings is 1. The van der Waals surface area contributed by atoms with Gasteiger partial charge in [0.2, 0.25) is 0 Å². The quantitative estimate of drug-likeness (QED) is 0.569. The van der Waals surface area contributed by atoms with Crippen LogP contribution in [-0.4, -0.2) is 9.38 Å². The molecule has 0 amide bonds. The van der Waals surface area contributed by atoms with E-state index >= 15 is 0 Å². The summed E-state index contributed by atoms with van der Waals surface area (Å²) >= 11 is 5.05. The lowest BCUT2D eigenvalue weighted by Crippen LogP contribution is -1.81. The predicted octanol–water partition coefficient (Wildman–Crippen LogP) is 2.00. The van der Waals surface area contributed by atoms with Crippen LogP contribution in [0.25, 0.3) is 5.65 Å². The second-order valence-corrected chi connectivity index (χ2v) is 2.50. The smallest absolute Gasteiger partial charge is 0.115 e. The number of hydrogen-bond donors (Lipinski definition) is 1. The zero-order valence-corrected chi connectivity index (χ0v) is 6.06. The van der Waals surface area contributed by atoms with Gasteiger partial charge in [0.1, 0.15) is 10.3 Å². The Morgan fingerprint density at radius 1 is 1.40 bits per heavy atom. The highest BCUT2D eigenvalue weighted by atomic mass is 32.1. The lowest BCUT2D eigenvalue weighted by Gasteiger charge is -1.89. The van der Waals surface area contributed by atoms with Crippen molar-refractivity contribution >= 4 is 17.9 Å². The molecular weight excluding hydrogens is 144 g/mol. The van der Waals surface area contributed by atoms with Crippen LogP contribution in [0.2, 0.25) is 0 Å². The lowest BCUT2D eigenvalue weighted by atomic mass is 10.5. The Morgan fingerprint density at radius 2 is 2.30 bits per heavy atom. The maximum Gasteiger partial charge on any atom is 0.115 e. The van der Waals surface area contributed by atoms with Crippen LogP contribution < -0.4 is 0 Å². The van der Waals surface area contributed by atoms with Crippen LogP contribution >= 0.6 is 12.2 Å². The summed E-state index contributed by atoms with van der Waals surface area (Å²) in [7, 11) is 0. The van der Waals surface area contributed by atoms with Crippen molar-refractivity contribution < 1.29 is 0 Å². The van der Waals surface area contributed by atoms with E-state index in [9.17, 15) is 0 Å². The van der Waals surface area contributed by atoms with Gasteiger partial charge in [0, 0.05) is 12.4 Å². The molecule has 0 aliphatic heterocycles. The Balaban J connectivity index is 3.09. The van der Waals surface area contributed by atoms with Gasteiger partial charge < -0.3 is 4.98 Å². The molecule has 10 heavy (non-hydrogen) atoms. The summed E-state index contributed by atoms with van der Waals surface area (Å²) in [6.45, 7) is 0. The van der Waals surface area contributed by atoms with E-state index in [0.29, 0.717) is 0 Å². The molecule has 50 valence electrons. The van der Waals surface area contributed by atoms with Gasteiger partial charge in [0.15, 0.2) is 0 Å².